The van der Waals surface area contributed by atoms with Crippen molar-refractivity contribution in [2.45, 2.75) is 26.3 Å². The summed E-state index contributed by atoms with van der Waals surface area (Å²) in [5.41, 5.74) is 2.25. The van der Waals surface area contributed by atoms with Gasteiger partial charge in [-0.25, -0.2) is 0 Å². The van der Waals surface area contributed by atoms with Gasteiger partial charge in [-0.3, -0.25) is 4.79 Å². The fraction of sp³-hybridized carbons (Fsp3) is 0.417. The van der Waals surface area contributed by atoms with Gasteiger partial charge in [0.2, 0.25) is 0 Å². The number of carbonyl (C=O) groups is 1. The van der Waals surface area contributed by atoms with Crippen LogP contribution in [0.1, 0.15) is 20.3 Å². The molecule has 76 valence electrons. The largest absolute Gasteiger partial charge is 0.303 e. The Labute approximate surface area is 85.4 Å². The number of Topliss-reactive ketones (excluding diaryl/α,β-unsaturated/α-hetero) is 1. The van der Waals surface area contributed by atoms with Crippen molar-refractivity contribution in [1.29, 1.82) is 0 Å². The molecule has 0 aromatic rings. The smallest absolute Gasteiger partial charge is 0.151 e. The highest BCUT2D eigenvalue weighted by molar-refractivity contribution is 5.86. The van der Waals surface area contributed by atoms with Gasteiger partial charge in [0, 0.05) is 6.54 Å². The lowest BCUT2D eigenvalue weighted by Crippen LogP contribution is -2.40. The van der Waals surface area contributed by atoms with Gasteiger partial charge in [0.25, 0.3) is 0 Å². The molecule has 0 spiro atoms. The van der Waals surface area contributed by atoms with E-state index in [0.717, 1.165) is 18.5 Å². The SMILES string of the molecule is C=CC1=C(/C=C\C)CCNC1C(C)=O. The zero-order valence-corrected chi connectivity index (χ0v) is 8.84. The number of nitrogens with one attached hydrogen (secondary N) is 1. The first-order chi connectivity index (χ1) is 6.70. The van der Waals surface area contributed by atoms with Crippen LogP contribution in [0.15, 0.2) is 36.0 Å². The van der Waals surface area contributed by atoms with Crippen LogP contribution in [0.4, 0.5) is 0 Å². The third-order valence-corrected chi connectivity index (χ3v) is 2.42. The molecule has 1 aliphatic heterocycles. The number of ketones is 1. The van der Waals surface area contributed by atoms with E-state index < -0.39 is 0 Å². The highest BCUT2D eigenvalue weighted by Crippen LogP contribution is 2.20. The van der Waals surface area contributed by atoms with Crippen molar-refractivity contribution in [2.24, 2.45) is 0 Å². The molecule has 0 saturated carbocycles. The second kappa shape index (κ2) is 4.91. The summed E-state index contributed by atoms with van der Waals surface area (Å²) in [5.74, 6) is 0.154. The van der Waals surface area contributed by atoms with E-state index in [2.05, 4.69) is 18.0 Å². The van der Waals surface area contributed by atoms with Gasteiger partial charge in [-0.05, 0) is 31.4 Å². The molecule has 1 atom stereocenters. The number of carbonyl (C=O) groups excluding carboxylic acids is 1. The lowest BCUT2D eigenvalue weighted by atomic mass is 9.92. The molecule has 1 heterocycles. The Balaban J connectivity index is 3.06. The van der Waals surface area contributed by atoms with Gasteiger partial charge in [0.1, 0.15) is 0 Å². The van der Waals surface area contributed by atoms with E-state index >= 15 is 0 Å². The standard InChI is InChI=1S/C12H17NO/c1-4-6-10-7-8-13-12(9(3)14)11(10)5-2/h4-6,12-13H,2,7-8H2,1,3H3/b6-4-. The van der Waals surface area contributed by atoms with Gasteiger partial charge in [-0.1, -0.05) is 24.8 Å². The summed E-state index contributed by atoms with van der Waals surface area (Å²) in [4.78, 5) is 11.3. The molecule has 0 aromatic heterocycles. The van der Waals surface area contributed by atoms with E-state index in [0.29, 0.717) is 0 Å². The molecule has 0 saturated heterocycles. The van der Waals surface area contributed by atoms with Crippen LogP contribution in [0.2, 0.25) is 0 Å². The van der Waals surface area contributed by atoms with Gasteiger partial charge in [0.15, 0.2) is 5.78 Å². The van der Waals surface area contributed by atoms with Gasteiger partial charge >= 0.3 is 0 Å². The first-order valence-electron chi connectivity index (χ1n) is 4.92. The number of hydrogen-bond acceptors (Lipinski definition) is 2. The van der Waals surface area contributed by atoms with Crippen LogP contribution in [0.3, 0.4) is 0 Å². The summed E-state index contributed by atoms with van der Waals surface area (Å²) in [6.07, 6.45) is 6.82. The molecule has 0 bridgehead atoms. The predicted molar refractivity (Wildman–Crippen MR) is 59.1 cm³/mol. The monoisotopic (exact) mass is 191 g/mol. The minimum absolute atomic E-state index is 0.154. The normalized spacial score (nSPS) is 22.9. The molecule has 0 aliphatic carbocycles. The Morgan fingerprint density at radius 2 is 2.36 bits per heavy atom. The third-order valence-electron chi connectivity index (χ3n) is 2.42. The van der Waals surface area contributed by atoms with Crippen molar-refractivity contribution >= 4 is 5.78 Å². The maximum Gasteiger partial charge on any atom is 0.151 e. The average molecular weight is 191 g/mol. The summed E-state index contributed by atoms with van der Waals surface area (Å²) in [6, 6.07) is -0.160. The molecule has 1 unspecified atom stereocenters. The Kier molecular flexibility index (Phi) is 3.84. The van der Waals surface area contributed by atoms with E-state index in [1.807, 2.05) is 13.0 Å². The van der Waals surface area contributed by atoms with Gasteiger partial charge < -0.3 is 5.32 Å². The zero-order valence-electron chi connectivity index (χ0n) is 8.84. The molecule has 1 aliphatic rings. The molecule has 1 N–H and O–H groups in total. The van der Waals surface area contributed by atoms with E-state index in [1.165, 1.54) is 5.57 Å². The Morgan fingerprint density at radius 1 is 1.64 bits per heavy atom. The van der Waals surface area contributed by atoms with Crippen LogP contribution in [0, 0.1) is 0 Å². The first kappa shape index (κ1) is 10.9. The maximum absolute atomic E-state index is 11.3. The first-order valence-corrected chi connectivity index (χ1v) is 4.92. The number of rotatable bonds is 3. The fourth-order valence-electron chi connectivity index (χ4n) is 1.78. The van der Waals surface area contributed by atoms with Crippen LogP contribution >= 0.6 is 0 Å². The summed E-state index contributed by atoms with van der Waals surface area (Å²) in [6.45, 7) is 8.22. The molecule has 0 radical (unpaired) electrons. The summed E-state index contributed by atoms with van der Waals surface area (Å²) < 4.78 is 0. The molecule has 14 heavy (non-hydrogen) atoms. The van der Waals surface area contributed by atoms with Gasteiger partial charge in [0.05, 0.1) is 6.04 Å². The lowest BCUT2D eigenvalue weighted by molar-refractivity contribution is -0.118. The number of allylic oxidation sites excluding steroid dienone is 2. The van der Waals surface area contributed by atoms with E-state index in [-0.39, 0.29) is 11.8 Å². The van der Waals surface area contributed by atoms with Crippen molar-refractivity contribution in [2.75, 3.05) is 6.54 Å². The van der Waals surface area contributed by atoms with Crippen molar-refractivity contribution in [1.82, 2.24) is 5.32 Å². The Morgan fingerprint density at radius 3 is 2.86 bits per heavy atom. The molecule has 2 nitrogen and oxygen atoms in total. The zero-order chi connectivity index (χ0) is 10.6. The van der Waals surface area contributed by atoms with Crippen molar-refractivity contribution < 1.29 is 4.79 Å². The molecule has 0 amide bonds. The van der Waals surface area contributed by atoms with Crippen molar-refractivity contribution in [3.8, 4) is 0 Å². The second-order valence-corrected chi connectivity index (χ2v) is 3.43. The minimum Gasteiger partial charge on any atom is -0.303 e. The van der Waals surface area contributed by atoms with Crippen LogP contribution < -0.4 is 5.32 Å². The van der Waals surface area contributed by atoms with E-state index in [1.54, 1.807) is 13.0 Å². The molecule has 0 fully saturated rings. The summed E-state index contributed by atoms with van der Waals surface area (Å²) in [7, 11) is 0. The molecular formula is C12H17NO. The van der Waals surface area contributed by atoms with E-state index in [9.17, 15) is 4.79 Å². The van der Waals surface area contributed by atoms with Crippen molar-refractivity contribution in [3.63, 3.8) is 0 Å². The lowest BCUT2D eigenvalue weighted by Gasteiger charge is -2.25. The highest BCUT2D eigenvalue weighted by atomic mass is 16.1. The van der Waals surface area contributed by atoms with Crippen molar-refractivity contribution in [3.05, 3.63) is 36.0 Å². The maximum atomic E-state index is 11.3. The van der Waals surface area contributed by atoms with Crippen LogP contribution in [-0.2, 0) is 4.79 Å². The van der Waals surface area contributed by atoms with Gasteiger partial charge in [-0.2, -0.15) is 0 Å². The fourth-order valence-corrected chi connectivity index (χ4v) is 1.78. The quantitative estimate of drug-likeness (QED) is 0.739. The Bertz CT molecular complexity index is 299. The molecule has 1 rings (SSSR count). The highest BCUT2D eigenvalue weighted by Gasteiger charge is 2.22. The topological polar surface area (TPSA) is 29.1 Å². The predicted octanol–water partition coefficient (Wildman–Crippen LogP) is 2.00. The molecule has 0 aromatic carbocycles. The molecular weight excluding hydrogens is 174 g/mol. The summed E-state index contributed by atoms with van der Waals surface area (Å²) in [5, 5.41) is 3.20. The van der Waals surface area contributed by atoms with Gasteiger partial charge in [-0.15, -0.1) is 0 Å². The summed E-state index contributed by atoms with van der Waals surface area (Å²) >= 11 is 0. The van der Waals surface area contributed by atoms with Crippen LogP contribution in [0.25, 0.3) is 0 Å². The average Bonchev–Trinajstić information content (AvgIpc) is 2.18. The van der Waals surface area contributed by atoms with Crippen LogP contribution in [0.5, 0.6) is 0 Å². The van der Waals surface area contributed by atoms with Crippen LogP contribution in [-0.4, -0.2) is 18.4 Å². The third kappa shape index (κ3) is 2.20. The number of hydrogen-bond donors (Lipinski definition) is 1. The second-order valence-electron chi connectivity index (χ2n) is 3.43. The molecule has 2 heteroatoms. The Hall–Kier alpha value is -1.15. The van der Waals surface area contributed by atoms with E-state index in [4.69, 9.17) is 0 Å². The minimum atomic E-state index is -0.160.